The molecule has 180 valence electrons. The molecule has 0 spiro atoms. The van der Waals surface area contributed by atoms with Gasteiger partial charge in [0.05, 0.1) is 12.1 Å². The second kappa shape index (κ2) is 10.8. The standard InChI is InChI=1S/C25H30N4O5/c1-25(2)12-7-13-28(17-25)22(31)16-29(20-10-4-3-5-11-20)21(30)15-26-24(34)27-19-9-6-8-18(14-19)23(32)33/h3-6,8-11,14H,7,12-13,15-17H2,1-2H3,(H,32,33)(H2,26,27,34). The van der Waals surface area contributed by atoms with Crippen LogP contribution in [-0.4, -0.2) is 60.0 Å². The summed E-state index contributed by atoms with van der Waals surface area (Å²) in [5, 5.41) is 14.1. The van der Waals surface area contributed by atoms with Crippen LogP contribution < -0.4 is 15.5 Å². The summed E-state index contributed by atoms with van der Waals surface area (Å²) in [7, 11) is 0. The van der Waals surface area contributed by atoms with E-state index in [0.29, 0.717) is 18.8 Å². The van der Waals surface area contributed by atoms with Gasteiger partial charge in [0.1, 0.15) is 6.54 Å². The molecule has 1 saturated heterocycles. The Morgan fingerprint density at radius 1 is 1.06 bits per heavy atom. The Bertz CT molecular complexity index is 1050. The molecular formula is C25H30N4O5. The molecule has 0 atom stereocenters. The first-order valence-electron chi connectivity index (χ1n) is 11.2. The van der Waals surface area contributed by atoms with E-state index in [1.54, 1.807) is 35.2 Å². The van der Waals surface area contributed by atoms with Crippen LogP contribution >= 0.6 is 0 Å². The first-order valence-corrected chi connectivity index (χ1v) is 11.2. The third-order valence-corrected chi connectivity index (χ3v) is 5.68. The maximum absolute atomic E-state index is 13.0. The summed E-state index contributed by atoms with van der Waals surface area (Å²) in [6, 6.07) is 14.0. The molecule has 0 unspecified atom stereocenters. The van der Waals surface area contributed by atoms with Crippen LogP contribution in [0.4, 0.5) is 16.2 Å². The number of carbonyl (C=O) groups is 4. The van der Waals surface area contributed by atoms with Crippen molar-refractivity contribution in [2.45, 2.75) is 26.7 Å². The van der Waals surface area contributed by atoms with E-state index in [1.807, 2.05) is 6.07 Å². The number of urea groups is 1. The minimum Gasteiger partial charge on any atom is -0.478 e. The van der Waals surface area contributed by atoms with E-state index < -0.39 is 17.9 Å². The third-order valence-electron chi connectivity index (χ3n) is 5.68. The maximum atomic E-state index is 13.0. The first-order chi connectivity index (χ1) is 16.1. The van der Waals surface area contributed by atoms with Crippen LogP contribution in [0, 0.1) is 5.41 Å². The number of benzene rings is 2. The molecule has 0 aromatic heterocycles. The number of hydrogen-bond acceptors (Lipinski definition) is 4. The normalized spacial score (nSPS) is 14.7. The Morgan fingerprint density at radius 3 is 2.47 bits per heavy atom. The second-order valence-electron chi connectivity index (χ2n) is 9.09. The number of nitrogens with one attached hydrogen (secondary N) is 2. The van der Waals surface area contributed by atoms with E-state index in [2.05, 4.69) is 24.5 Å². The number of nitrogens with zero attached hydrogens (tertiary/aromatic N) is 2. The van der Waals surface area contributed by atoms with Crippen molar-refractivity contribution in [1.29, 1.82) is 0 Å². The summed E-state index contributed by atoms with van der Waals surface area (Å²) >= 11 is 0. The fraction of sp³-hybridized carbons (Fsp3) is 0.360. The van der Waals surface area contributed by atoms with Gasteiger partial charge < -0.3 is 25.5 Å². The fourth-order valence-electron chi connectivity index (χ4n) is 3.96. The number of carboxylic acid groups (broad SMARTS) is 1. The van der Waals surface area contributed by atoms with Gasteiger partial charge in [-0.1, -0.05) is 38.1 Å². The van der Waals surface area contributed by atoms with Gasteiger partial charge in [0, 0.05) is 24.5 Å². The Morgan fingerprint density at radius 2 is 1.79 bits per heavy atom. The van der Waals surface area contributed by atoms with Crippen LogP contribution in [0.15, 0.2) is 54.6 Å². The van der Waals surface area contributed by atoms with Crippen LogP contribution in [0.2, 0.25) is 0 Å². The molecule has 0 radical (unpaired) electrons. The highest BCUT2D eigenvalue weighted by Crippen LogP contribution is 2.28. The van der Waals surface area contributed by atoms with E-state index in [0.717, 1.165) is 12.8 Å². The smallest absolute Gasteiger partial charge is 0.335 e. The molecule has 1 heterocycles. The van der Waals surface area contributed by atoms with E-state index in [-0.39, 0.29) is 35.7 Å². The number of carboxylic acids is 1. The zero-order chi connectivity index (χ0) is 24.7. The number of para-hydroxylation sites is 1. The third kappa shape index (κ3) is 6.81. The number of amides is 4. The summed E-state index contributed by atoms with van der Waals surface area (Å²) in [6.45, 7) is 5.09. The topological polar surface area (TPSA) is 119 Å². The van der Waals surface area contributed by atoms with Crippen molar-refractivity contribution in [3.05, 3.63) is 60.2 Å². The predicted molar refractivity (Wildman–Crippen MR) is 129 cm³/mol. The average molecular weight is 467 g/mol. The molecule has 1 aliphatic heterocycles. The lowest BCUT2D eigenvalue weighted by Crippen LogP contribution is -2.50. The molecule has 3 rings (SSSR count). The molecular weight excluding hydrogens is 436 g/mol. The molecule has 4 amide bonds. The van der Waals surface area contributed by atoms with Crippen molar-refractivity contribution >= 4 is 35.2 Å². The Labute approximate surface area is 198 Å². The number of aromatic carboxylic acids is 1. The number of rotatable bonds is 7. The summed E-state index contributed by atoms with van der Waals surface area (Å²) in [4.78, 5) is 52.6. The first kappa shape index (κ1) is 24.8. The highest BCUT2D eigenvalue weighted by Gasteiger charge is 2.30. The molecule has 3 N–H and O–H groups in total. The molecule has 0 aliphatic carbocycles. The minimum absolute atomic E-state index is 0.0310. The highest BCUT2D eigenvalue weighted by atomic mass is 16.4. The summed E-state index contributed by atoms with van der Waals surface area (Å²) in [5.41, 5.74) is 0.914. The SMILES string of the molecule is CC1(C)CCCN(C(=O)CN(C(=O)CNC(=O)Nc2cccc(C(=O)O)c2)c2ccccc2)C1. The fourth-order valence-corrected chi connectivity index (χ4v) is 3.96. The largest absolute Gasteiger partial charge is 0.478 e. The molecule has 1 fully saturated rings. The van der Waals surface area contributed by atoms with Gasteiger partial charge in [0.2, 0.25) is 11.8 Å². The minimum atomic E-state index is -1.11. The Kier molecular flexibility index (Phi) is 7.88. The summed E-state index contributed by atoms with van der Waals surface area (Å²) in [6.07, 6.45) is 1.97. The van der Waals surface area contributed by atoms with Gasteiger partial charge in [-0.3, -0.25) is 9.59 Å². The summed E-state index contributed by atoms with van der Waals surface area (Å²) < 4.78 is 0. The maximum Gasteiger partial charge on any atom is 0.335 e. The Balaban J connectivity index is 1.64. The van der Waals surface area contributed by atoms with Crippen molar-refractivity contribution in [3.63, 3.8) is 0 Å². The quantitative estimate of drug-likeness (QED) is 0.579. The van der Waals surface area contributed by atoms with Gasteiger partial charge in [-0.25, -0.2) is 9.59 Å². The van der Waals surface area contributed by atoms with Gasteiger partial charge in [-0.2, -0.15) is 0 Å². The zero-order valence-corrected chi connectivity index (χ0v) is 19.4. The van der Waals surface area contributed by atoms with Crippen molar-refractivity contribution in [2.75, 3.05) is 36.4 Å². The van der Waals surface area contributed by atoms with Crippen LogP contribution in [0.3, 0.4) is 0 Å². The van der Waals surface area contributed by atoms with E-state index >= 15 is 0 Å². The molecule has 2 aromatic carbocycles. The lowest BCUT2D eigenvalue weighted by Gasteiger charge is -2.39. The van der Waals surface area contributed by atoms with Gasteiger partial charge in [-0.15, -0.1) is 0 Å². The molecule has 9 heteroatoms. The van der Waals surface area contributed by atoms with Gasteiger partial charge in [-0.05, 0) is 48.6 Å². The summed E-state index contributed by atoms with van der Waals surface area (Å²) in [5.74, 6) is -1.69. The molecule has 1 aliphatic rings. The van der Waals surface area contributed by atoms with E-state index in [4.69, 9.17) is 5.11 Å². The number of likely N-dealkylation sites (tertiary alicyclic amines) is 1. The van der Waals surface area contributed by atoms with Crippen LogP contribution in [-0.2, 0) is 9.59 Å². The molecule has 0 saturated carbocycles. The van der Waals surface area contributed by atoms with Gasteiger partial charge >= 0.3 is 12.0 Å². The second-order valence-corrected chi connectivity index (χ2v) is 9.09. The Hall–Kier alpha value is -3.88. The van der Waals surface area contributed by atoms with Crippen molar-refractivity contribution in [2.24, 2.45) is 5.41 Å². The monoisotopic (exact) mass is 466 g/mol. The molecule has 9 nitrogen and oxygen atoms in total. The van der Waals surface area contributed by atoms with E-state index in [1.165, 1.54) is 23.1 Å². The van der Waals surface area contributed by atoms with Crippen molar-refractivity contribution in [3.8, 4) is 0 Å². The zero-order valence-electron chi connectivity index (χ0n) is 19.4. The molecule has 34 heavy (non-hydrogen) atoms. The highest BCUT2D eigenvalue weighted by molar-refractivity contribution is 6.02. The van der Waals surface area contributed by atoms with Crippen LogP contribution in [0.25, 0.3) is 0 Å². The van der Waals surface area contributed by atoms with Crippen molar-refractivity contribution in [1.82, 2.24) is 10.2 Å². The lowest BCUT2D eigenvalue weighted by molar-refractivity contribution is -0.134. The van der Waals surface area contributed by atoms with Gasteiger partial charge in [0.15, 0.2) is 0 Å². The van der Waals surface area contributed by atoms with Crippen LogP contribution in [0.1, 0.15) is 37.0 Å². The molecule has 2 aromatic rings. The number of piperidine rings is 1. The number of anilines is 2. The number of carbonyl (C=O) groups excluding carboxylic acids is 3. The lowest BCUT2D eigenvalue weighted by atomic mass is 9.84. The van der Waals surface area contributed by atoms with Crippen LogP contribution in [0.5, 0.6) is 0 Å². The molecule has 0 bridgehead atoms. The number of hydrogen-bond donors (Lipinski definition) is 3. The average Bonchev–Trinajstić information content (AvgIpc) is 2.81. The van der Waals surface area contributed by atoms with Crippen molar-refractivity contribution < 1.29 is 24.3 Å². The van der Waals surface area contributed by atoms with Gasteiger partial charge in [0.25, 0.3) is 0 Å². The van der Waals surface area contributed by atoms with E-state index in [9.17, 15) is 19.2 Å². The predicted octanol–water partition coefficient (Wildman–Crippen LogP) is 3.19.